The highest BCUT2D eigenvalue weighted by Crippen LogP contribution is 2.35. The maximum Gasteiger partial charge on any atom is 0.416 e. The van der Waals surface area contributed by atoms with Gasteiger partial charge in [-0.2, -0.15) is 13.2 Å². The summed E-state index contributed by atoms with van der Waals surface area (Å²) in [5.41, 5.74) is 3.29. The summed E-state index contributed by atoms with van der Waals surface area (Å²) in [5.74, 6) is -1.06. The fourth-order valence-electron chi connectivity index (χ4n) is 5.08. The number of fused-ring (bicyclic) bond motifs is 1. The molecule has 0 saturated heterocycles. The molecule has 0 atom stereocenters. The Morgan fingerprint density at radius 3 is 2.33 bits per heavy atom. The van der Waals surface area contributed by atoms with Crippen molar-refractivity contribution in [3.63, 3.8) is 0 Å². The predicted molar refractivity (Wildman–Crippen MR) is 180 cm³/mol. The van der Waals surface area contributed by atoms with Crippen molar-refractivity contribution in [2.75, 3.05) is 28.3 Å². The summed E-state index contributed by atoms with van der Waals surface area (Å²) in [6.07, 6.45) is -0.193. The van der Waals surface area contributed by atoms with E-state index >= 15 is 0 Å². The molecule has 0 aliphatic carbocycles. The quantitative estimate of drug-likeness (QED) is 0.111. The van der Waals surface area contributed by atoms with Gasteiger partial charge >= 0.3 is 6.18 Å². The molecule has 1 aromatic heterocycles. The minimum atomic E-state index is -4.67. The lowest BCUT2D eigenvalue weighted by molar-refractivity contribution is -0.137. The molecular formula is C34H28F3N7O4S. The van der Waals surface area contributed by atoms with Crippen molar-refractivity contribution in [1.29, 1.82) is 0 Å². The van der Waals surface area contributed by atoms with Crippen LogP contribution < -0.4 is 26.0 Å². The number of aromatic nitrogens is 2. The van der Waals surface area contributed by atoms with Gasteiger partial charge in [0.25, 0.3) is 11.8 Å². The SMILES string of the molecule is CNS(=O)(=O)c1ccc(N/C=C2/C(=O)Nc3cc(Nc4cccc(NC(=O)c5cc(-n6cnc(C)c6)cc(C(F)(F)F)c5)c4)ccc32)cc1. The first-order valence-corrected chi connectivity index (χ1v) is 16.2. The van der Waals surface area contributed by atoms with Crippen molar-refractivity contribution >= 4 is 55.8 Å². The number of carbonyl (C=O) groups excluding carboxylic acids is 2. The summed E-state index contributed by atoms with van der Waals surface area (Å²) >= 11 is 0. The number of imidazole rings is 1. The second-order valence-electron chi connectivity index (χ2n) is 11.0. The molecule has 0 saturated carbocycles. The number of hydrogen-bond acceptors (Lipinski definition) is 7. The van der Waals surface area contributed by atoms with Crippen LogP contribution in [0.4, 0.5) is 41.6 Å². The van der Waals surface area contributed by atoms with E-state index in [1.54, 1.807) is 67.7 Å². The molecule has 49 heavy (non-hydrogen) atoms. The summed E-state index contributed by atoms with van der Waals surface area (Å²) in [6.45, 7) is 1.71. The van der Waals surface area contributed by atoms with Gasteiger partial charge in [0.2, 0.25) is 10.0 Å². The van der Waals surface area contributed by atoms with E-state index < -0.39 is 27.7 Å². The summed E-state index contributed by atoms with van der Waals surface area (Å²) in [6, 6.07) is 21.1. The Morgan fingerprint density at radius 1 is 0.918 bits per heavy atom. The normalized spacial score (nSPS) is 13.6. The first kappa shape index (κ1) is 33.0. The van der Waals surface area contributed by atoms with Crippen LogP contribution in [0.15, 0.2) is 109 Å². The number of halogens is 3. The lowest BCUT2D eigenvalue weighted by Gasteiger charge is -2.14. The van der Waals surface area contributed by atoms with Crippen LogP contribution in [0.2, 0.25) is 0 Å². The van der Waals surface area contributed by atoms with Crippen LogP contribution >= 0.6 is 0 Å². The molecule has 0 bridgehead atoms. The zero-order chi connectivity index (χ0) is 34.9. The van der Waals surface area contributed by atoms with Crippen molar-refractivity contribution in [2.24, 2.45) is 0 Å². The Bertz CT molecular complexity index is 2230. The second-order valence-corrected chi connectivity index (χ2v) is 12.9. The van der Waals surface area contributed by atoms with E-state index in [-0.39, 0.29) is 22.1 Å². The van der Waals surface area contributed by atoms with E-state index in [0.29, 0.717) is 45.3 Å². The number of benzene rings is 4. The predicted octanol–water partition coefficient (Wildman–Crippen LogP) is 6.51. The van der Waals surface area contributed by atoms with E-state index in [2.05, 4.69) is 31.0 Å². The number of amides is 2. The van der Waals surface area contributed by atoms with Crippen LogP contribution in [0, 0.1) is 6.92 Å². The molecule has 2 heterocycles. The molecule has 0 fully saturated rings. The van der Waals surface area contributed by atoms with E-state index in [9.17, 15) is 31.2 Å². The molecule has 5 aromatic rings. The Hall–Kier alpha value is -5.93. The molecule has 1 aliphatic heterocycles. The average Bonchev–Trinajstić information content (AvgIpc) is 3.65. The first-order chi connectivity index (χ1) is 23.3. The number of nitrogens with one attached hydrogen (secondary N) is 5. The Labute approximate surface area is 278 Å². The molecule has 0 radical (unpaired) electrons. The van der Waals surface area contributed by atoms with Crippen molar-refractivity contribution in [3.8, 4) is 5.69 Å². The number of nitrogens with zero attached hydrogens (tertiary/aromatic N) is 2. The summed E-state index contributed by atoms with van der Waals surface area (Å²) in [5, 5.41) is 11.7. The van der Waals surface area contributed by atoms with Gasteiger partial charge in [-0.15, -0.1) is 0 Å². The van der Waals surface area contributed by atoms with Crippen LogP contribution in [0.25, 0.3) is 11.3 Å². The highest BCUT2D eigenvalue weighted by Gasteiger charge is 2.32. The Kier molecular flexibility index (Phi) is 8.71. The zero-order valence-corrected chi connectivity index (χ0v) is 26.7. The maximum absolute atomic E-state index is 13.7. The monoisotopic (exact) mass is 687 g/mol. The van der Waals surface area contributed by atoms with Crippen molar-refractivity contribution < 1.29 is 31.2 Å². The molecule has 5 N–H and O–H groups in total. The van der Waals surface area contributed by atoms with Gasteiger partial charge in [-0.25, -0.2) is 18.1 Å². The van der Waals surface area contributed by atoms with Gasteiger partial charge in [0.1, 0.15) is 0 Å². The van der Waals surface area contributed by atoms with Gasteiger partial charge in [-0.1, -0.05) is 6.07 Å². The van der Waals surface area contributed by atoms with Gasteiger partial charge in [0.15, 0.2) is 0 Å². The molecule has 250 valence electrons. The van der Waals surface area contributed by atoms with Crippen LogP contribution in [-0.4, -0.2) is 36.8 Å². The van der Waals surface area contributed by atoms with Gasteiger partial charge in [-0.3, -0.25) is 9.59 Å². The molecule has 11 nitrogen and oxygen atoms in total. The van der Waals surface area contributed by atoms with E-state index in [1.165, 1.54) is 42.3 Å². The number of carbonyl (C=O) groups is 2. The molecule has 0 unspecified atom stereocenters. The van der Waals surface area contributed by atoms with Crippen LogP contribution in [0.1, 0.15) is 27.2 Å². The topological polar surface area (TPSA) is 146 Å². The number of aryl methyl sites for hydroxylation is 1. The fraction of sp³-hybridized carbons (Fsp3) is 0.0882. The van der Waals surface area contributed by atoms with Crippen molar-refractivity contribution in [2.45, 2.75) is 18.0 Å². The lowest BCUT2D eigenvalue weighted by atomic mass is 10.1. The third kappa shape index (κ3) is 7.32. The number of sulfonamides is 1. The summed E-state index contributed by atoms with van der Waals surface area (Å²) < 4.78 is 68.7. The number of hydrogen-bond donors (Lipinski definition) is 5. The molecule has 15 heteroatoms. The van der Waals surface area contributed by atoms with Crippen LogP contribution in [0.3, 0.4) is 0 Å². The van der Waals surface area contributed by atoms with Crippen molar-refractivity contribution in [3.05, 3.63) is 126 Å². The van der Waals surface area contributed by atoms with Gasteiger partial charge < -0.3 is 25.8 Å². The highest BCUT2D eigenvalue weighted by atomic mass is 32.2. The number of alkyl halides is 3. The first-order valence-electron chi connectivity index (χ1n) is 14.7. The van der Waals surface area contributed by atoms with Gasteiger partial charge in [0.05, 0.1) is 33.7 Å². The third-order valence-corrected chi connectivity index (χ3v) is 8.98. The standard InChI is InChI=1S/C34H28F3N7O4S/c1-20-18-44(19-40-20)27-13-21(12-22(14-27)34(35,36)37)32(45)42-25-5-3-4-24(15-25)41-26-8-11-29-30(33(46)43-31(29)16-26)17-39-23-6-9-28(10-7-23)49(47,48)38-2/h3-19,38-39,41H,1-2H3,(H,42,45)(H,43,46)/b30-17+. The Balaban J connectivity index is 1.16. The molecule has 4 aromatic carbocycles. The minimum Gasteiger partial charge on any atom is -0.361 e. The van der Waals surface area contributed by atoms with Crippen LogP contribution in [0.5, 0.6) is 0 Å². The second kappa shape index (κ2) is 12.9. The largest absolute Gasteiger partial charge is 0.416 e. The summed E-state index contributed by atoms with van der Waals surface area (Å²) in [4.78, 5) is 30.1. The Morgan fingerprint density at radius 2 is 1.63 bits per heavy atom. The molecule has 6 rings (SSSR count). The minimum absolute atomic E-state index is 0.107. The fourth-order valence-corrected chi connectivity index (χ4v) is 5.81. The lowest BCUT2D eigenvalue weighted by Crippen LogP contribution is -2.18. The molecular weight excluding hydrogens is 659 g/mol. The molecule has 2 amide bonds. The molecule has 0 spiro atoms. The van der Waals surface area contributed by atoms with Crippen molar-refractivity contribution in [1.82, 2.24) is 14.3 Å². The smallest absolute Gasteiger partial charge is 0.361 e. The van der Waals surface area contributed by atoms with E-state index in [0.717, 1.165) is 12.1 Å². The number of rotatable bonds is 9. The maximum atomic E-state index is 13.7. The van der Waals surface area contributed by atoms with Gasteiger partial charge in [-0.05, 0) is 92.8 Å². The third-order valence-electron chi connectivity index (χ3n) is 7.55. The van der Waals surface area contributed by atoms with E-state index in [1.807, 2.05) is 0 Å². The zero-order valence-electron chi connectivity index (χ0n) is 25.9. The summed E-state index contributed by atoms with van der Waals surface area (Å²) in [7, 11) is -2.25. The van der Waals surface area contributed by atoms with Crippen LogP contribution in [-0.2, 0) is 21.0 Å². The van der Waals surface area contributed by atoms with E-state index in [4.69, 9.17) is 0 Å². The average molecular weight is 688 g/mol. The molecule has 1 aliphatic rings. The highest BCUT2D eigenvalue weighted by molar-refractivity contribution is 7.89. The van der Waals surface area contributed by atoms with Gasteiger partial charge in [0, 0.05) is 52.0 Å². The number of anilines is 5.